The maximum atomic E-state index is 14.6. The van der Waals surface area contributed by atoms with Crippen molar-refractivity contribution in [2.75, 3.05) is 35.0 Å². The van der Waals surface area contributed by atoms with Gasteiger partial charge in [0.05, 0.1) is 35.4 Å². The average molecular weight is 579 g/mol. The maximum absolute atomic E-state index is 14.6. The number of hydrogen-bond acceptors (Lipinski definition) is 5. The number of aliphatic carboxylic acids is 1. The van der Waals surface area contributed by atoms with Gasteiger partial charge in [-0.15, -0.1) is 0 Å². The molecule has 2 unspecified atom stereocenters. The normalized spacial score (nSPS) is 19.5. The molecule has 2 heterocycles. The minimum absolute atomic E-state index is 0.0224. The van der Waals surface area contributed by atoms with E-state index in [0.29, 0.717) is 18.7 Å². The van der Waals surface area contributed by atoms with Gasteiger partial charge in [0.15, 0.2) is 0 Å². The van der Waals surface area contributed by atoms with Crippen LogP contribution in [0.25, 0.3) is 0 Å². The van der Waals surface area contributed by atoms with Crippen LogP contribution in [0.4, 0.5) is 34.6 Å². The summed E-state index contributed by atoms with van der Waals surface area (Å²) >= 11 is 3.44. The van der Waals surface area contributed by atoms with Crippen LogP contribution in [0.1, 0.15) is 35.2 Å². The van der Waals surface area contributed by atoms with Gasteiger partial charge in [-0.3, -0.25) is 15.2 Å². The monoisotopic (exact) mass is 578 g/mol. The Balaban J connectivity index is 1.61. The largest absolute Gasteiger partial charge is 0.481 e. The molecule has 6 nitrogen and oxygen atoms in total. The Bertz CT molecular complexity index is 1340. The zero-order valence-corrected chi connectivity index (χ0v) is 21.0. The summed E-state index contributed by atoms with van der Waals surface area (Å²) < 4.78 is 58.5. The van der Waals surface area contributed by atoms with Gasteiger partial charge in [0.25, 0.3) is 0 Å². The van der Waals surface area contributed by atoms with Crippen molar-refractivity contribution in [2.24, 2.45) is 0 Å². The Hall–Kier alpha value is -3.31. The van der Waals surface area contributed by atoms with Crippen LogP contribution in [-0.4, -0.2) is 30.7 Å². The fourth-order valence-corrected chi connectivity index (χ4v) is 5.48. The molecule has 0 radical (unpaired) electrons. The van der Waals surface area contributed by atoms with Crippen molar-refractivity contribution in [1.29, 1.82) is 0 Å². The van der Waals surface area contributed by atoms with E-state index in [1.165, 1.54) is 29.3 Å². The second kappa shape index (κ2) is 9.86. The van der Waals surface area contributed by atoms with Gasteiger partial charge in [0, 0.05) is 40.9 Å². The number of carboxylic acid groups (broad SMARTS) is 1. The first-order valence-corrected chi connectivity index (χ1v) is 12.4. The van der Waals surface area contributed by atoms with Crippen LogP contribution in [0, 0.1) is 5.82 Å². The minimum atomic E-state index is -4.66. The first-order valence-electron chi connectivity index (χ1n) is 11.6. The van der Waals surface area contributed by atoms with Crippen molar-refractivity contribution in [3.8, 4) is 0 Å². The lowest BCUT2D eigenvalue weighted by atomic mass is 9.94. The van der Waals surface area contributed by atoms with Crippen LogP contribution in [0.2, 0.25) is 0 Å². The lowest BCUT2D eigenvalue weighted by Crippen LogP contribution is -2.47. The number of carbonyl (C=O) groups is 1. The zero-order valence-electron chi connectivity index (χ0n) is 19.4. The molecular formula is C26H23BrF4N4O2. The Kier molecular flexibility index (Phi) is 6.76. The summed E-state index contributed by atoms with van der Waals surface area (Å²) in [6, 6.07) is 14.0. The molecule has 0 bridgehead atoms. The second-order valence-corrected chi connectivity index (χ2v) is 9.88. The lowest BCUT2D eigenvalue weighted by molar-refractivity contribution is -0.139. The van der Waals surface area contributed by atoms with Crippen LogP contribution < -0.4 is 20.7 Å². The first kappa shape index (κ1) is 25.3. The molecule has 0 amide bonds. The van der Waals surface area contributed by atoms with E-state index in [4.69, 9.17) is 0 Å². The number of nitrogens with one attached hydrogen (secondary N) is 2. The highest BCUT2D eigenvalue weighted by Gasteiger charge is 2.41. The number of hydrogen-bond donors (Lipinski definition) is 3. The fraction of sp³-hybridized carbons (Fsp3) is 0.269. The van der Waals surface area contributed by atoms with Crippen LogP contribution in [0.15, 0.2) is 65.1 Å². The SMILES string of the molecule is O=C(O)CC1c2cccc(F)c2NN1c1cccc(C(F)(F)F)c1C1CN(c2cccc(Br)c2)CCN1. The molecule has 2 aliphatic rings. The first-order chi connectivity index (χ1) is 17.6. The molecule has 2 atom stereocenters. The van der Waals surface area contributed by atoms with Crippen molar-refractivity contribution in [3.63, 3.8) is 0 Å². The van der Waals surface area contributed by atoms with Crippen molar-refractivity contribution >= 4 is 39.0 Å². The molecule has 0 aliphatic carbocycles. The number of hydrazine groups is 1. The number of anilines is 3. The van der Waals surface area contributed by atoms with E-state index in [0.717, 1.165) is 16.2 Å². The molecule has 5 rings (SSSR count). The molecule has 1 saturated heterocycles. The molecule has 3 aromatic carbocycles. The summed E-state index contributed by atoms with van der Waals surface area (Å²) in [5.41, 5.74) is 3.45. The van der Waals surface area contributed by atoms with Gasteiger partial charge in [-0.2, -0.15) is 13.2 Å². The number of alkyl halides is 3. The van der Waals surface area contributed by atoms with E-state index in [1.54, 1.807) is 6.07 Å². The molecular weight excluding hydrogens is 556 g/mol. The Morgan fingerprint density at radius 1 is 1.11 bits per heavy atom. The van der Waals surface area contributed by atoms with Crippen molar-refractivity contribution in [1.82, 2.24) is 5.32 Å². The van der Waals surface area contributed by atoms with Crippen LogP contribution in [-0.2, 0) is 11.0 Å². The predicted molar refractivity (Wildman–Crippen MR) is 136 cm³/mol. The molecule has 0 spiro atoms. The maximum Gasteiger partial charge on any atom is 0.416 e. The molecule has 11 heteroatoms. The zero-order chi connectivity index (χ0) is 26.3. The highest BCUT2D eigenvalue weighted by atomic mass is 79.9. The number of benzene rings is 3. The lowest BCUT2D eigenvalue weighted by Gasteiger charge is -2.39. The average Bonchev–Trinajstić information content (AvgIpc) is 3.22. The second-order valence-electron chi connectivity index (χ2n) is 8.97. The molecule has 37 heavy (non-hydrogen) atoms. The smallest absolute Gasteiger partial charge is 0.416 e. The van der Waals surface area contributed by atoms with Crippen molar-refractivity contribution in [3.05, 3.63) is 87.6 Å². The van der Waals surface area contributed by atoms with Gasteiger partial charge in [0.1, 0.15) is 5.82 Å². The number of halogens is 5. The Morgan fingerprint density at radius 2 is 1.86 bits per heavy atom. The molecule has 3 aromatic rings. The summed E-state index contributed by atoms with van der Waals surface area (Å²) in [4.78, 5) is 13.7. The van der Waals surface area contributed by atoms with E-state index in [2.05, 4.69) is 26.7 Å². The quantitative estimate of drug-likeness (QED) is 0.317. The van der Waals surface area contributed by atoms with Gasteiger partial charge in [-0.1, -0.05) is 40.2 Å². The molecule has 0 saturated carbocycles. The van der Waals surface area contributed by atoms with E-state index < -0.39 is 42.0 Å². The third kappa shape index (κ3) is 4.97. The topological polar surface area (TPSA) is 67.8 Å². The third-order valence-corrected chi connectivity index (χ3v) is 7.16. The Morgan fingerprint density at radius 3 is 2.59 bits per heavy atom. The number of carboxylic acids is 1. The van der Waals surface area contributed by atoms with Crippen LogP contribution in [0.3, 0.4) is 0 Å². The van der Waals surface area contributed by atoms with Crippen LogP contribution in [0.5, 0.6) is 0 Å². The Labute approximate surface area is 219 Å². The van der Waals surface area contributed by atoms with Gasteiger partial charge >= 0.3 is 12.1 Å². The number of fused-ring (bicyclic) bond motifs is 1. The third-order valence-electron chi connectivity index (χ3n) is 6.66. The fourth-order valence-electron chi connectivity index (χ4n) is 5.10. The molecule has 2 aliphatic heterocycles. The predicted octanol–water partition coefficient (Wildman–Crippen LogP) is 6.12. The summed E-state index contributed by atoms with van der Waals surface area (Å²) in [5, 5.41) is 14.1. The van der Waals surface area contributed by atoms with Gasteiger partial charge < -0.3 is 15.3 Å². The van der Waals surface area contributed by atoms with Crippen LogP contribution >= 0.6 is 15.9 Å². The molecule has 0 aromatic heterocycles. The number of nitrogens with zero attached hydrogens (tertiary/aromatic N) is 2. The summed E-state index contributed by atoms with van der Waals surface area (Å²) in [5.74, 6) is -1.76. The number of para-hydroxylation sites is 1. The van der Waals surface area contributed by atoms with Gasteiger partial charge in [-0.25, -0.2) is 4.39 Å². The highest BCUT2D eigenvalue weighted by molar-refractivity contribution is 9.10. The molecule has 194 valence electrons. The highest BCUT2D eigenvalue weighted by Crippen LogP contribution is 2.47. The standard InChI is InChI=1S/C26H23BrF4N4O2/c27-15-4-1-5-16(12-15)34-11-10-32-20(14-34)24-18(26(29,30)31)7-3-9-21(24)35-22(13-23(36)37)17-6-2-8-19(28)25(17)33-35/h1-9,12,20,22,32-33H,10-11,13-14H2,(H,36,37). The number of rotatable bonds is 5. The van der Waals surface area contributed by atoms with E-state index in [1.807, 2.05) is 29.2 Å². The van der Waals surface area contributed by atoms with E-state index in [9.17, 15) is 27.5 Å². The number of piperazine rings is 1. The molecule has 3 N–H and O–H groups in total. The summed E-state index contributed by atoms with van der Waals surface area (Å²) in [7, 11) is 0. The van der Waals surface area contributed by atoms with E-state index in [-0.39, 0.29) is 23.5 Å². The van der Waals surface area contributed by atoms with Crippen molar-refractivity contribution < 1.29 is 27.5 Å². The van der Waals surface area contributed by atoms with Gasteiger partial charge in [-0.05, 0) is 36.4 Å². The molecule has 1 fully saturated rings. The van der Waals surface area contributed by atoms with Gasteiger partial charge in [0.2, 0.25) is 0 Å². The summed E-state index contributed by atoms with van der Waals surface area (Å²) in [6.45, 7) is 1.27. The summed E-state index contributed by atoms with van der Waals surface area (Å²) in [6.07, 6.45) is -5.09. The minimum Gasteiger partial charge on any atom is -0.481 e. The van der Waals surface area contributed by atoms with E-state index >= 15 is 0 Å². The van der Waals surface area contributed by atoms with Crippen molar-refractivity contribution in [2.45, 2.75) is 24.7 Å².